The highest BCUT2D eigenvalue weighted by molar-refractivity contribution is 5.94. The lowest BCUT2D eigenvalue weighted by molar-refractivity contribution is -0.120. The highest BCUT2D eigenvalue weighted by Crippen LogP contribution is 2.23. The molecule has 2 aromatic rings. The van der Waals surface area contributed by atoms with Crippen LogP contribution in [0.3, 0.4) is 0 Å². The smallest absolute Gasteiger partial charge is 0.227 e. The van der Waals surface area contributed by atoms with Crippen LogP contribution < -0.4 is 10.6 Å². The van der Waals surface area contributed by atoms with E-state index >= 15 is 0 Å². The Morgan fingerprint density at radius 1 is 1.26 bits per heavy atom. The van der Waals surface area contributed by atoms with E-state index in [1.54, 1.807) is 0 Å². The van der Waals surface area contributed by atoms with Gasteiger partial charge in [-0.3, -0.25) is 4.79 Å². The summed E-state index contributed by atoms with van der Waals surface area (Å²) in [6.07, 6.45) is 1.79. The van der Waals surface area contributed by atoms with E-state index in [9.17, 15) is 4.79 Å². The molecule has 0 unspecified atom stereocenters. The van der Waals surface area contributed by atoms with Gasteiger partial charge in [-0.1, -0.05) is 12.1 Å². The monoisotopic (exact) mass is 334 g/mol. The number of para-hydroxylation sites is 2. The number of amides is 1. The molecule has 1 aromatic carbocycles. The Morgan fingerprint density at radius 2 is 1.96 bits per heavy atom. The first-order chi connectivity index (χ1) is 10.6. The van der Waals surface area contributed by atoms with Crippen LogP contribution in [-0.2, 0) is 4.79 Å². The number of piperidine rings is 1. The molecule has 1 fully saturated rings. The van der Waals surface area contributed by atoms with Crippen molar-refractivity contribution < 1.29 is 4.79 Å². The Labute approximate surface area is 142 Å². The van der Waals surface area contributed by atoms with Crippen LogP contribution in [0.5, 0.6) is 0 Å². The molecule has 0 aliphatic carbocycles. The van der Waals surface area contributed by atoms with E-state index in [-0.39, 0.29) is 24.2 Å². The van der Waals surface area contributed by atoms with Crippen molar-refractivity contribution in [3.8, 4) is 5.69 Å². The van der Waals surface area contributed by atoms with Crippen LogP contribution in [0.4, 0.5) is 5.69 Å². The van der Waals surface area contributed by atoms with E-state index in [2.05, 4.69) is 15.7 Å². The van der Waals surface area contributed by atoms with Gasteiger partial charge in [0.1, 0.15) is 0 Å². The SMILES string of the molecule is Cc1cc(C)n(-c2ccccc2NC(=O)C2CCNCC2)n1.Cl. The lowest BCUT2D eigenvalue weighted by Gasteiger charge is -2.22. The molecular weight excluding hydrogens is 312 g/mol. The molecule has 1 aromatic heterocycles. The molecule has 0 atom stereocenters. The van der Waals surface area contributed by atoms with Gasteiger partial charge in [0.2, 0.25) is 5.91 Å². The van der Waals surface area contributed by atoms with Gasteiger partial charge in [0, 0.05) is 11.6 Å². The average molecular weight is 335 g/mol. The first-order valence-corrected chi connectivity index (χ1v) is 7.79. The van der Waals surface area contributed by atoms with E-state index in [0.717, 1.165) is 48.7 Å². The molecule has 1 amide bonds. The normalized spacial score (nSPS) is 15.0. The lowest BCUT2D eigenvalue weighted by Crippen LogP contribution is -2.34. The summed E-state index contributed by atoms with van der Waals surface area (Å²) in [6, 6.07) is 9.85. The van der Waals surface area contributed by atoms with E-state index in [4.69, 9.17) is 0 Å². The molecule has 2 heterocycles. The maximum absolute atomic E-state index is 12.5. The molecule has 0 radical (unpaired) electrons. The summed E-state index contributed by atoms with van der Waals surface area (Å²) in [4.78, 5) is 12.5. The van der Waals surface area contributed by atoms with Crippen molar-refractivity contribution in [3.63, 3.8) is 0 Å². The summed E-state index contributed by atoms with van der Waals surface area (Å²) in [5.41, 5.74) is 3.76. The molecule has 0 bridgehead atoms. The number of anilines is 1. The zero-order valence-electron chi connectivity index (χ0n) is 13.5. The van der Waals surface area contributed by atoms with Gasteiger partial charge >= 0.3 is 0 Å². The molecule has 3 rings (SSSR count). The fourth-order valence-corrected chi connectivity index (χ4v) is 2.96. The number of aromatic nitrogens is 2. The van der Waals surface area contributed by atoms with Crippen molar-refractivity contribution >= 4 is 24.0 Å². The van der Waals surface area contributed by atoms with Gasteiger partial charge in [-0.05, 0) is 58.0 Å². The fraction of sp³-hybridized carbons (Fsp3) is 0.412. The molecule has 23 heavy (non-hydrogen) atoms. The van der Waals surface area contributed by atoms with Crippen molar-refractivity contribution in [1.29, 1.82) is 0 Å². The minimum Gasteiger partial charge on any atom is -0.324 e. The Balaban J connectivity index is 0.00000192. The van der Waals surface area contributed by atoms with Gasteiger partial charge in [0.15, 0.2) is 0 Å². The average Bonchev–Trinajstić information content (AvgIpc) is 2.87. The van der Waals surface area contributed by atoms with E-state index in [0.29, 0.717) is 0 Å². The van der Waals surface area contributed by atoms with E-state index < -0.39 is 0 Å². The number of nitrogens with one attached hydrogen (secondary N) is 2. The second-order valence-corrected chi connectivity index (χ2v) is 5.87. The molecular formula is C17H23ClN4O. The number of aryl methyl sites for hydroxylation is 2. The third kappa shape index (κ3) is 3.92. The Morgan fingerprint density at radius 3 is 2.61 bits per heavy atom. The predicted molar refractivity (Wildman–Crippen MR) is 94.5 cm³/mol. The summed E-state index contributed by atoms with van der Waals surface area (Å²) in [5, 5.41) is 10.9. The zero-order chi connectivity index (χ0) is 15.5. The van der Waals surface area contributed by atoms with Crippen LogP contribution in [0, 0.1) is 19.8 Å². The molecule has 5 nitrogen and oxygen atoms in total. The van der Waals surface area contributed by atoms with Crippen molar-refractivity contribution in [2.45, 2.75) is 26.7 Å². The number of nitrogens with zero attached hydrogens (tertiary/aromatic N) is 2. The maximum Gasteiger partial charge on any atom is 0.227 e. The number of carbonyl (C=O) groups is 1. The van der Waals surface area contributed by atoms with Crippen molar-refractivity contribution in [2.24, 2.45) is 5.92 Å². The van der Waals surface area contributed by atoms with Gasteiger partial charge in [-0.2, -0.15) is 5.10 Å². The second-order valence-electron chi connectivity index (χ2n) is 5.87. The van der Waals surface area contributed by atoms with Crippen LogP contribution in [0.15, 0.2) is 30.3 Å². The number of hydrogen-bond donors (Lipinski definition) is 2. The summed E-state index contributed by atoms with van der Waals surface area (Å²) >= 11 is 0. The van der Waals surface area contributed by atoms with Crippen LogP contribution in [0.25, 0.3) is 5.69 Å². The molecule has 1 saturated heterocycles. The molecule has 0 spiro atoms. The largest absolute Gasteiger partial charge is 0.324 e. The topological polar surface area (TPSA) is 59.0 Å². The lowest BCUT2D eigenvalue weighted by atomic mass is 9.97. The van der Waals surface area contributed by atoms with Crippen molar-refractivity contribution in [1.82, 2.24) is 15.1 Å². The number of carbonyl (C=O) groups excluding carboxylic acids is 1. The molecule has 2 N–H and O–H groups in total. The predicted octanol–water partition coefficient (Wildman–Crippen LogP) is 2.85. The third-order valence-electron chi connectivity index (χ3n) is 4.11. The zero-order valence-corrected chi connectivity index (χ0v) is 14.3. The van der Waals surface area contributed by atoms with Crippen LogP contribution >= 0.6 is 12.4 Å². The van der Waals surface area contributed by atoms with Crippen molar-refractivity contribution in [3.05, 3.63) is 41.7 Å². The molecule has 6 heteroatoms. The quantitative estimate of drug-likeness (QED) is 0.907. The molecule has 0 saturated carbocycles. The highest BCUT2D eigenvalue weighted by atomic mass is 35.5. The number of benzene rings is 1. The van der Waals surface area contributed by atoms with Gasteiger partial charge in [0.25, 0.3) is 0 Å². The van der Waals surface area contributed by atoms with Gasteiger partial charge in [-0.25, -0.2) is 4.68 Å². The Hall–Kier alpha value is -1.85. The Kier molecular flexibility index (Phi) is 5.80. The molecule has 124 valence electrons. The van der Waals surface area contributed by atoms with Gasteiger partial charge in [0.05, 0.1) is 17.1 Å². The van der Waals surface area contributed by atoms with Crippen LogP contribution in [-0.4, -0.2) is 28.8 Å². The van der Waals surface area contributed by atoms with E-state index in [1.165, 1.54) is 0 Å². The van der Waals surface area contributed by atoms with Crippen molar-refractivity contribution in [2.75, 3.05) is 18.4 Å². The molecule has 1 aliphatic heterocycles. The van der Waals surface area contributed by atoms with Crippen LogP contribution in [0.2, 0.25) is 0 Å². The summed E-state index contributed by atoms with van der Waals surface area (Å²) in [5.74, 6) is 0.199. The first-order valence-electron chi connectivity index (χ1n) is 7.79. The minimum absolute atomic E-state index is 0. The second kappa shape index (κ2) is 7.62. The maximum atomic E-state index is 12.5. The number of hydrogen-bond acceptors (Lipinski definition) is 3. The highest BCUT2D eigenvalue weighted by Gasteiger charge is 2.22. The van der Waals surface area contributed by atoms with Gasteiger partial charge in [-0.15, -0.1) is 12.4 Å². The number of rotatable bonds is 3. The fourth-order valence-electron chi connectivity index (χ4n) is 2.96. The molecule has 1 aliphatic rings. The third-order valence-corrected chi connectivity index (χ3v) is 4.11. The standard InChI is InChI=1S/C17H22N4O.ClH/c1-12-11-13(2)21(20-12)16-6-4-3-5-15(16)19-17(22)14-7-9-18-10-8-14;/h3-6,11,14,18H,7-10H2,1-2H3,(H,19,22);1H. The van der Waals surface area contributed by atoms with Crippen LogP contribution in [0.1, 0.15) is 24.2 Å². The van der Waals surface area contributed by atoms with Gasteiger partial charge < -0.3 is 10.6 Å². The Bertz CT molecular complexity index is 677. The number of halogens is 1. The summed E-state index contributed by atoms with van der Waals surface area (Å²) in [6.45, 7) is 5.82. The van der Waals surface area contributed by atoms with E-state index in [1.807, 2.05) is 48.9 Å². The summed E-state index contributed by atoms with van der Waals surface area (Å²) in [7, 11) is 0. The first kappa shape index (κ1) is 17.5. The minimum atomic E-state index is 0. The summed E-state index contributed by atoms with van der Waals surface area (Å²) < 4.78 is 1.88.